The van der Waals surface area contributed by atoms with Gasteiger partial charge in [0.05, 0.1) is 18.1 Å². The maximum Gasteiger partial charge on any atom is 0.178 e. The van der Waals surface area contributed by atoms with E-state index in [1.807, 2.05) is 23.9 Å². The van der Waals surface area contributed by atoms with Crippen LogP contribution in [0.3, 0.4) is 0 Å². The second-order valence-corrected chi connectivity index (χ2v) is 6.09. The Labute approximate surface area is 116 Å². The van der Waals surface area contributed by atoms with E-state index in [1.54, 1.807) is 7.11 Å². The molecule has 1 unspecified atom stereocenters. The van der Waals surface area contributed by atoms with E-state index in [-0.39, 0.29) is 0 Å². The molecule has 1 aliphatic heterocycles. The van der Waals surface area contributed by atoms with E-state index in [0.717, 1.165) is 27.3 Å². The summed E-state index contributed by atoms with van der Waals surface area (Å²) in [5, 5.41) is 0. The van der Waals surface area contributed by atoms with Gasteiger partial charge in [-0.1, -0.05) is 0 Å². The number of benzene rings is 1. The number of imidazole rings is 1. The zero-order valence-electron chi connectivity index (χ0n) is 10.3. The minimum atomic E-state index is 0.511. The van der Waals surface area contributed by atoms with E-state index in [1.165, 1.54) is 18.6 Å². The Hall–Kier alpha value is -0.940. The molecule has 2 heterocycles. The quantitative estimate of drug-likeness (QED) is 0.849. The molecule has 1 N–H and O–H groups in total. The van der Waals surface area contributed by atoms with Crippen LogP contribution in [0, 0.1) is 4.77 Å². The molecule has 0 aliphatic carbocycles. The van der Waals surface area contributed by atoms with Crippen LogP contribution >= 0.6 is 24.0 Å². The van der Waals surface area contributed by atoms with Crippen molar-refractivity contribution in [3.63, 3.8) is 0 Å². The first-order chi connectivity index (χ1) is 8.79. The molecule has 1 fully saturated rings. The lowest BCUT2D eigenvalue weighted by Crippen LogP contribution is -2.16. The van der Waals surface area contributed by atoms with Gasteiger partial charge in [-0.05, 0) is 42.9 Å². The van der Waals surface area contributed by atoms with E-state index in [4.69, 9.17) is 17.0 Å². The van der Waals surface area contributed by atoms with Crippen molar-refractivity contribution >= 4 is 35.0 Å². The topological polar surface area (TPSA) is 29.9 Å². The lowest BCUT2D eigenvalue weighted by molar-refractivity contribution is 0.415. The fourth-order valence-corrected chi connectivity index (χ4v) is 4.00. The monoisotopic (exact) mass is 280 g/mol. The Balaban J connectivity index is 2.13. The van der Waals surface area contributed by atoms with Crippen LogP contribution in [-0.4, -0.2) is 28.2 Å². The molecule has 0 saturated carbocycles. The summed E-state index contributed by atoms with van der Waals surface area (Å²) >= 11 is 7.49. The van der Waals surface area contributed by atoms with Gasteiger partial charge in [0.2, 0.25) is 0 Å². The Morgan fingerprint density at radius 2 is 2.39 bits per heavy atom. The number of thioether (sulfide) groups is 1. The SMILES string of the molecule is COc1ccc2[nH]c(=S)n(C3CCCSC3)c2c1. The molecule has 1 aromatic carbocycles. The van der Waals surface area contributed by atoms with Crippen molar-refractivity contribution < 1.29 is 4.74 Å². The molecule has 1 saturated heterocycles. The summed E-state index contributed by atoms with van der Waals surface area (Å²) in [6.45, 7) is 0. The molecule has 0 bridgehead atoms. The molecule has 1 aromatic heterocycles. The Kier molecular flexibility index (Phi) is 3.35. The van der Waals surface area contributed by atoms with Crippen LogP contribution in [0.5, 0.6) is 5.75 Å². The summed E-state index contributed by atoms with van der Waals surface area (Å²) in [6.07, 6.45) is 2.49. The predicted octanol–water partition coefficient (Wildman–Crippen LogP) is 3.78. The van der Waals surface area contributed by atoms with Crippen LogP contribution in [0.2, 0.25) is 0 Å². The third-order valence-corrected chi connectivity index (χ3v) is 4.92. The number of H-pyrrole nitrogens is 1. The first-order valence-electron chi connectivity index (χ1n) is 6.15. The van der Waals surface area contributed by atoms with Gasteiger partial charge in [-0.2, -0.15) is 11.8 Å². The fraction of sp³-hybridized carbons (Fsp3) is 0.462. The molecule has 1 atom stereocenters. The highest BCUT2D eigenvalue weighted by atomic mass is 32.2. The van der Waals surface area contributed by atoms with E-state index >= 15 is 0 Å². The number of nitrogens with zero attached hydrogens (tertiary/aromatic N) is 1. The highest BCUT2D eigenvalue weighted by molar-refractivity contribution is 7.99. The van der Waals surface area contributed by atoms with E-state index in [2.05, 4.69) is 15.6 Å². The average Bonchev–Trinajstić information content (AvgIpc) is 2.74. The first kappa shape index (κ1) is 12.1. The van der Waals surface area contributed by atoms with E-state index in [9.17, 15) is 0 Å². The van der Waals surface area contributed by atoms with E-state index in [0.29, 0.717) is 6.04 Å². The normalized spacial score (nSPS) is 20.2. The highest BCUT2D eigenvalue weighted by Gasteiger charge is 2.19. The van der Waals surface area contributed by atoms with Gasteiger partial charge < -0.3 is 14.3 Å². The zero-order chi connectivity index (χ0) is 12.5. The average molecular weight is 280 g/mol. The van der Waals surface area contributed by atoms with Gasteiger partial charge >= 0.3 is 0 Å². The number of aromatic amines is 1. The van der Waals surface area contributed by atoms with Crippen LogP contribution < -0.4 is 4.74 Å². The number of hydrogen-bond donors (Lipinski definition) is 1. The number of hydrogen-bond acceptors (Lipinski definition) is 3. The van der Waals surface area contributed by atoms with Crippen molar-refractivity contribution in [2.45, 2.75) is 18.9 Å². The predicted molar refractivity (Wildman–Crippen MR) is 79.3 cm³/mol. The summed E-state index contributed by atoms with van der Waals surface area (Å²) < 4.78 is 8.40. The van der Waals surface area contributed by atoms with Crippen LogP contribution in [0.4, 0.5) is 0 Å². The molecule has 0 spiro atoms. The number of fused-ring (bicyclic) bond motifs is 1. The highest BCUT2D eigenvalue weighted by Crippen LogP contribution is 2.31. The summed E-state index contributed by atoms with van der Waals surface area (Å²) in [4.78, 5) is 3.29. The maximum absolute atomic E-state index is 5.47. The Morgan fingerprint density at radius 1 is 1.50 bits per heavy atom. The van der Waals surface area contributed by atoms with E-state index < -0.39 is 0 Å². The second-order valence-electron chi connectivity index (χ2n) is 4.55. The summed E-state index contributed by atoms with van der Waals surface area (Å²) in [5.41, 5.74) is 2.25. The molecule has 18 heavy (non-hydrogen) atoms. The standard InChI is InChI=1S/C13H16N2OS2/c1-16-10-4-5-11-12(7-10)15(13(17)14-11)9-3-2-6-18-8-9/h4-5,7,9H,2-3,6,8H2,1H3,(H,14,17). The summed E-state index contributed by atoms with van der Waals surface area (Å²) in [5.74, 6) is 3.31. The molecule has 2 aromatic rings. The second kappa shape index (κ2) is 4.97. The molecule has 1 aliphatic rings. The van der Waals surface area contributed by atoms with Gasteiger partial charge in [0.25, 0.3) is 0 Å². The third-order valence-electron chi connectivity index (χ3n) is 3.43. The van der Waals surface area contributed by atoms with Gasteiger partial charge in [-0.3, -0.25) is 0 Å². The number of nitrogens with one attached hydrogen (secondary N) is 1. The van der Waals surface area contributed by atoms with Crippen molar-refractivity contribution in [2.24, 2.45) is 0 Å². The molecule has 3 rings (SSSR count). The molecule has 3 nitrogen and oxygen atoms in total. The lowest BCUT2D eigenvalue weighted by atomic mass is 10.2. The summed E-state index contributed by atoms with van der Waals surface area (Å²) in [6, 6.07) is 6.59. The van der Waals surface area contributed by atoms with Crippen molar-refractivity contribution in [2.75, 3.05) is 18.6 Å². The number of aromatic nitrogens is 2. The largest absolute Gasteiger partial charge is 0.497 e. The molecule has 96 valence electrons. The minimum Gasteiger partial charge on any atom is -0.497 e. The number of methoxy groups -OCH3 is 1. The maximum atomic E-state index is 5.47. The molecule has 0 radical (unpaired) electrons. The fourth-order valence-electron chi connectivity index (χ4n) is 2.52. The zero-order valence-corrected chi connectivity index (χ0v) is 11.9. The summed E-state index contributed by atoms with van der Waals surface area (Å²) in [7, 11) is 1.70. The van der Waals surface area contributed by atoms with Gasteiger partial charge in [0, 0.05) is 17.9 Å². The van der Waals surface area contributed by atoms with Gasteiger partial charge in [0.1, 0.15) is 5.75 Å². The van der Waals surface area contributed by atoms with Gasteiger partial charge in [-0.25, -0.2) is 0 Å². The third kappa shape index (κ3) is 2.06. The van der Waals surface area contributed by atoms with Crippen molar-refractivity contribution in [1.29, 1.82) is 0 Å². The van der Waals surface area contributed by atoms with Crippen LogP contribution in [0.1, 0.15) is 18.9 Å². The molecule has 5 heteroatoms. The van der Waals surface area contributed by atoms with Crippen LogP contribution in [0.25, 0.3) is 11.0 Å². The minimum absolute atomic E-state index is 0.511. The van der Waals surface area contributed by atoms with Crippen LogP contribution in [0.15, 0.2) is 18.2 Å². The molecule has 0 amide bonds. The Bertz CT molecular complexity index is 611. The molecular weight excluding hydrogens is 264 g/mol. The van der Waals surface area contributed by atoms with Crippen molar-refractivity contribution in [1.82, 2.24) is 9.55 Å². The smallest absolute Gasteiger partial charge is 0.178 e. The van der Waals surface area contributed by atoms with Gasteiger partial charge in [-0.15, -0.1) is 0 Å². The lowest BCUT2D eigenvalue weighted by Gasteiger charge is -2.23. The molecular formula is C13H16N2OS2. The first-order valence-corrected chi connectivity index (χ1v) is 7.72. The number of ether oxygens (including phenoxy) is 1. The van der Waals surface area contributed by atoms with Gasteiger partial charge in [0.15, 0.2) is 4.77 Å². The van der Waals surface area contributed by atoms with Crippen molar-refractivity contribution in [3.05, 3.63) is 23.0 Å². The van der Waals surface area contributed by atoms with Crippen molar-refractivity contribution in [3.8, 4) is 5.75 Å². The number of rotatable bonds is 2. The van der Waals surface area contributed by atoms with Crippen LogP contribution in [-0.2, 0) is 0 Å². The Morgan fingerprint density at radius 3 is 3.11 bits per heavy atom.